The fraction of sp³-hybridized carbons (Fsp3) is 0.879. The largest absolute Gasteiger partial charge is 0.394 e. The highest BCUT2D eigenvalue weighted by Gasteiger charge is 2.56. The van der Waals surface area contributed by atoms with E-state index in [1.807, 2.05) is 0 Å². The lowest BCUT2D eigenvalue weighted by atomic mass is 9.51. The van der Waals surface area contributed by atoms with Gasteiger partial charge in [0.15, 0.2) is 6.29 Å². The SMILES string of the molecule is CC1CCC(C(C)C2(C)CCC3C2=CCC2C3CC=C3CC(OC4OC(CO)C(O)C(O)C4O)CCC32C)NC1. The highest BCUT2D eigenvalue weighted by Crippen LogP contribution is 2.64. The van der Waals surface area contributed by atoms with Gasteiger partial charge in [0.25, 0.3) is 0 Å². The van der Waals surface area contributed by atoms with Gasteiger partial charge in [-0.25, -0.2) is 0 Å². The van der Waals surface area contributed by atoms with E-state index in [1.54, 1.807) is 5.57 Å². The van der Waals surface area contributed by atoms with E-state index in [1.165, 1.54) is 37.7 Å². The molecule has 2 saturated carbocycles. The molecule has 5 N–H and O–H groups in total. The average Bonchev–Trinajstić information content (AvgIpc) is 3.31. The zero-order chi connectivity index (χ0) is 28.4. The third-order valence-electron chi connectivity index (χ3n) is 12.8. The molecule has 0 amide bonds. The molecule has 0 aromatic heterocycles. The summed E-state index contributed by atoms with van der Waals surface area (Å²) in [5.41, 5.74) is 3.70. The number of ether oxygens (including phenoxy) is 2. The molecule has 14 atom stereocenters. The fourth-order valence-corrected chi connectivity index (χ4v) is 9.87. The second-order valence-corrected chi connectivity index (χ2v) is 14.8. The Morgan fingerprint density at radius 1 is 1.02 bits per heavy atom. The highest BCUT2D eigenvalue weighted by molar-refractivity contribution is 5.33. The number of piperidine rings is 1. The summed E-state index contributed by atoms with van der Waals surface area (Å²) in [5.74, 6) is 3.52. The van der Waals surface area contributed by atoms with Gasteiger partial charge in [-0.05, 0) is 105 Å². The summed E-state index contributed by atoms with van der Waals surface area (Å²) in [6.07, 6.45) is 9.25. The first-order chi connectivity index (χ1) is 19.1. The third kappa shape index (κ3) is 4.76. The molecule has 14 unspecified atom stereocenters. The molecule has 7 heteroatoms. The van der Waals surface area contributed by atoms with Crippen molar-refractivity contribution < 1.29 is 29.9 Å². The molecule has 0 spiro atoms. The number of hydrogen-bond acceptors (Lipinski definition) is 7. The van der Waals surface area contributed by atoms with Gasteiger partial charge in [0.05, 0.1) is 12.7 Å². The van der Waals surface area contributed by atoms with Crippen LogP contribution in [-0.4, -0.2) is 76.4 Å². The Morgan fingerprint density at radius 3 is 2.55 bits per heavy atom. The van der Waals surface area contributed by atoms with Crippen LogP contribution >= 0.6 is 0 Å². The van der Waals surface area contributed by atoms with Crippen molar-refractivity contribution in [3.8, 4) is 0 Å². The van der Waals surface area contributed by atoms with Crippen LogP contribution in [0.2, 0.25) is 0 Å². The molecule has 4 fully saturated rings. The van der Waals surface area contributed by atoms with E-state index in [4.69, 9.17) is 9.47 Å². The predicted molar refractivity (Wildman–Crippen MR) is 153 cm³/mol. The van der Waals surface area contributed by atoms with Crippen LogP contribution in [0.4, 0.5) is 0 Å². The van der Waals surface area contributed by atoms with Crippen LogP contribution in [0.15, 0.2) is 23.3 Å². The molecular formula is C33H53NO6. The lowest BCUT2D eigenvalue weighted by molar-refractivity contribution is -0.313. The first-order valence-corrected chi connectivity index (χ1v) is 16.2. The number of aliphatic hydroxyl groups is 4. The van der Waals surface area contributed by atoms with E-state index >= 15 is 0 Å². The molecule has 40 heavy (non-hydrogen) atoms. The van der Waals surface area contributed by atoms with Crippen LogP contribution in [0.3, 0.4) is 0 Å². The second-order valence-electron chi connectivity index (χ2n) is 14.8. The van der Waals surface area contributed by atoms with Crippen LogP contribution in [-0.2, 0) is 9.47 Å². The molecule has 6 aliphatic rings. The minimum Gasteiger partial charge on any atom is -0.394 e. The lowest BCUT2D eigenvalue weighted by Gasteiger charge is -2.55. The molecule has 4 aliphatic carbocycles. The van der Waals surface area contributed by atoms with E-state index in [0.29, 0.717) is 35.1 Å². The predicted octanol–water partition coefficient (Wildman–Crippen LogP) is 3.69. The van der Waals surface area contributed by atoms with Crippen molar-refractivity contribution in [2.45, 2.75) is 128 Å². The summed E-state index contributed by atoms with van der Waals surface area (Å²) >= 11 is 0. The van der Waals surface area contributed by atoms with Gasteiger partial charge in [-0.2, -0.15) is 0 Å². The summed E-state index contributed by atoms with van der Waals surface area (Å²) in [6, 6.07) is 0.632. The zero-order valence-electron chi connectivity index (χ0n) is 25.0. The Hall–Kier alpha value is -0.800. The van der Waals surface area contributed by atoms with Crippen LogP contribution in [0.5, 0.6) is 0 Å². The number of hydrogen-bond donors (Lipinski definition) is 5. The van der Waals surface area contributed by atoms with E-state index < -0.39 is 37.3 Å². The highest BCUT2D eigenvalue weighted by atomic mass is 16.7. The third-order valence-corrected chi connectivity index (χ3v) is 12.8. The van der Waals surface area contributed by atoms with Gasteiger partial charge in [0.1, 0.15) is 24.4 Å². The molecule has 0 aromatic carbocycles. The Kier molecular flexibility index (Phi) is 8.08. The maximum atomic E-state index is 10.5. The normalized spacial score (nSPS) is 51.6. The van der Waals surface area contributed by atoms with E-state index in [0.717, 1.165) is 38.1 Å². The van der Waals surface area contributed by atoms with Crippen LogP contribution in [0.1, 0.15) is 85.5 Å². The maximum absolute atomic E-state index is 10.5. The molecule has 2 heterocycles. The molecular weight excluding hydrogens is 506 g/mol. The smallest absolute Gasteiger partial charge is 0.186 e. The molecule has 226 valence electrons. The van der Waals surface area contributed by atoms with Crippen LogP contribution in [0, 0.1) is 40.4 Å². The zero-order valence-corrected chi connectivity index (χ0v) is 25.0. The molecule has 2 saturated heterocycles. The van der Waals surface area contributed by atoms with Crippen molar-refractivity contribution in [2.24, 2.45) is 40.4 Å². The standard InChI is InChI=1S/C33H53NO6/c1-18-5-10-26(34-16-18)19(2)32(3)14-12-23-22-7-6-20-15-21(11-13-33(20,4)25(22)9-8-24(23)32)39-31-30(38)29(37)28(36)27(17-35)40-31/h6,8,18-19,21-23,25-31,34-38H,5,7,9-17H2,1-4H3. The topological polar surface area (TPSA) is 111 Å². The van der Waals surface area contributed by atoms with E-state index in [9.17, 15) is 20.4 Å². The molecule has 6 rings (SSSR count). The second kappa shape index (κ2) is 11.0. The fourth-order valence-electron chi connectivity index (χ4n) is 9.87. The van der Waals surface area contributed by atoms with Gasteiger partial charge >= 0.3 is 0 Å². The van der Waals surface area contributed by atoms with Crippen molar-refractivity contribution in [1.82, 2.24) is 5.32 Å². The van der Waals surface area contributed by atoms with Gasteiger partial charge in [-0.15, -0.1) is 0 Å². The first-order valence-electron chi connectivity index (χ1n) is 16.2. The van der Waals surface area contributed by atoms with Crippen molar-refractivity contribution in [1.29, 1.82) is 0 Å². The minimum absolute atomic E-state index is 0.117. The summed E-state index contributed by atoms with van der Waals surface area (Å²) in [7, 11) is 0. The number of aliphatic hydroxyl groups excluding tert-OH is 4. The number of rotatable bonds is 5. The Bertz CT molecular complexity index is 989. The van der Waals surface area contributed by atoms with Gasteiger partial charge in [0.2, 0.25) is 0 Å². The molecule has 2 aliphatic heterocycles. The van der Waals surface area contributed by atoms with Crippen LogP contribution in [0.25, 0.3) is 0 Å². The summed E-state index contributed by atoms with van der Waals surface area (Å²) in [5, 5.41) is 44.2. The van der Waals surface area contributed by atoms with Crippen molar-refractivity contribution >= 4 is 0 Å². The first kappa shape index (κ1) is 29.3. The number of fused-ring (bicyclic) bond motifs is 5. The van der Waals surface area contributed by atoms with Crippen molar-refractivity contribution in [3.63, 3.8) is 0 Å². The van der Waals surface area contributed by atoms with Gasteiger partial charge in [-0.1, -0.05) is 51.0 Å². The molecule has 0 aromatic rings. The summed E-state index contributed by atoms with van der Waals surface area (Å²) < 4.78 is 11.9. The van der Waals surface area contributed by atoms with Gasteiger partial charge in [0, 0.05) is 6.04 Å². The van der Waals surface area contributed by atoms with Gasteiger partial charge in [-0.3, -0.25) is 0 Å². The Morgan fingerprint density at radius 2 is 1.82 bits per heavy atom. The maximum Gasteiger partial charge on any atom is 0.186 e. The lowest BCUT2D eigenvalue weighted by Crippen LogP contribution is -2.60. The number of nitrogens with one attached hydrogen (secondary N) is 1. The quantitative estimate of drug-likeness (QED) is 0.327. The van der Waals surface area contributed by atoms with Gasteiger partial charge < -0.3 is 35.2 Å². The Balaban J connectivity index is 1.13. The molecule has 7 nitrogen and oxygen atoms in total. The van der Waals surface area contributed by atoms with E-state index in [2.05, 4.69) is 45.2 Å². The molecule has 0 radical (unpaired) electrons. The average molecular weight is 560 g/mol. The van der Waals surface area contributed by atoms with E-state index in [-0.39, 0.29) is 11.5 Å². The molecule has 0 bridgehead atoms. The van der Waals surface area contributed by atoms with Crippen LogP contribution < -0.4 is 5.32 Å². The summed E-state index contributed by atoms with van der Waals surface area (Å²) in [6.45, 7) is 10.6. The van der Waals surface area contributed by atoms with Crippen molar-refractivity contribution in [3.05, 3.63) is 23.3 Å². The minimum atomic E-state index is -1.40. The summed E-state index contributed by atoms with van der Waals surface area (Å²) in [4.78, 5) is 0. The number of allylic oxidation sites excluding steroid dienone is 3. The monoisotopic (exact) mass is 559 g/mol. The Labute approximate surface area is 240 Å². The van der Waals surface area contributed by atoms with Crippen molar-refractivity contribution in [2.75, 3.05) is 13.2 Å².